The fourth-order valence-corrected chi connectivity index (χ4v) is 3.30. The van der Waals surface area contributed by atoms with E-state index in [1.165, 1.54) is 23.5 Å². The summed E-state index contributed by atoms with van der Waals surface area (Å²) in [6.07, 6.45) is -2.30. The van der Waals surface area contributed by atoms with Crippen LogP contribution in [0.15, 0.2) is 43.1 Å². The van der Waals surface area contributed by atoms with Crippen molar-refractivity contribution in [3.63, 3.8) is 0 Å². The highest BCUT2D eigenvalue weighted by Gasteiger charge is 2.32. The van der Waals surface area contributed by atoms with E-state index in [1.807, 2.05) is 6.92 Å². The third-order valence-electron chi connectivity index (χ3n) is 3.59. The molecule has 2 aromatic heterocycles. The number of alkyl halides is 3. The van der Waals surface area contributed by atoms with E-state index in [4.69, 9.17) is 4.74 Å². The van der Waals surface area contributed by atoms with E-state index in [-0.39, 0.29) is 11.7 Å². The second-order valence-corrected chi connectivity index (χ2v) is 6.74. The lowest BCUT2D eigenvalue weighted by molar-refractivity contribution is -0.141. The van der Waals surface area contributed by atoms with Gasteiger partial charge in [-0.3, -0.25) is 4.79 Å². The molecular formula is C18H14F3N3O2S. The van der Waals surface area contributed by atoms with Gasteiger partial charge >= 0.3 is 6.18 Å². The van der Waals surface area contributed by atoms with Crippen LogP contribution in [0, 0.1) is 6.92 Å². The van der Waals surface area contributed by atoms with E-state index in [9.17, 15) is 18.0 Å². The molecule has 0 atom stereocenters. The van der Waals surface area contributed by atoms with Gasteiger partial charge in [0.05, 0.1) is 15.9 Å². The van der Waals surface area contributed by atoms with Crippen molar-refractivity contribution in [1.82, 2.24) is 15.3 Å². The quantitative estimate of drug-likeness (QED) is 0.643. The van der Waals surface area contributed by atoms with Crippen LogP contribution in [0.3, 0.4) is 0 Å². The highest BCUT2D eigenvalue weighted by Crippen LogP contribution is 2.35. The number of aryl methyl sites for hydroxylation is 1. The normalized spacial score (nSPS) is 11.4. The first-order valence-electron chi connectivity index (χ1n) is 7.78. The molecule has 0 aliphatic heterocycles. The number of thiazole rings is 1. The summed E-state index contributed by atoms with van der Waals surface area (Å²) in [4.78, 5) is 19.2. The molecule has 0 bridgehead atoms. The summed E-state index contributed by atoms with van der Waals surface area (Å²) in [6.45, 7) is 5.53. The number of ether oxygens (including phenoxy) is 1. The van der Waals surface area contributed by atoms with Crippen LogP contribution in [0.5, 0.6) is 11.5 Å². The van der Waals surface area contributed by atoms with Gasteiger partial charge in [0.25, 0.3) is 0 Å². The molecule has 0 aliphatic rings. The topological polar surface area (TPSA) is 64.1 Å². The maximum Gasteiger partial charge on any atom is 0.433 e. The van der Waals surface area contributed by atoms with E-state index in [1.54, 1.807) is 12.1 Å². The number of amides is 1. The molecule has 1 amide bonds. The lowest BCUT2D eigenvalue weighted by atomic mass is 10.2. The van der Waals surface area contributed by atoms with Gasteiger partial charge in [0.2, 0.25) is 5.91 Å². The van der Waals surface area contributed by atoms with Crippen LogP contribution in [0.2, 0.25) is 0 Å². The van der Waals surface area contributed by atoms with Crippen molar-refractivity contribution in [1.29, 1.82) is 0 Å². The SMILES string of the molecule is C=CC(=O)NCc1ccc(Oc2ccc(C(F)(F)F)nc2)c2nc(C)sc12. The van der Waals surface area contributed by atoms with Crippen LogP contribution in [0.4, 0.5) is 13.2 Å². The molecule has 0 saturated heterocycles. The van der Waals surface area contributed by atoms with Crippen LogP contribution in [-0.2, 0) is 17.5 Å². The van der Waals surface area contributed by atoms with E-state index in [2.05, 4.69) is 21.9 Å². The molecule has 9 heteroatoms. The Hall–Kier alpha value is -2.94. The number of nitrogens with one attached hydrogen (secondary N) is 1. The number of halogens is 3. The number of aromatic nitrogens is 2. The molecule has 3 rings (SSSR count). The standard InChI is InChI=1S/C18H14F3N3O2S/c1-3-15(25)23-8-11-4-6-13(16-17(11)27-10(2)24-16)26-12-5-7-14(22-9-12)18(19,20)21/h3-7,9H,1,8H2,2H3,(H,23,25). The third-order valence-corrected chi connectivity index (χ3v) is 4.63. The summed E-state index contributed by atoms with van der Waals surface area (Å²) in [5.74, 6) is 0.276. The summed E-state index contributed by atoms with van der Waals surface area (Å²) in [5.41, 5.74) is 0.434. The number of nitrogens with zero attached hydrogens (tertiary/aromatic N) is 2. The third kappa shape index (κ3) is 4.25. The molecule has 0 fully saturated rings. The first-order valence-corrected chi connectivity index (χ1v) is 8.60. The first kappa shape index (κ1) is 18.8. The number of benzene rings is 1. The fraction of sp³-hybridized carbons (Fsp3) is 0.167. The summed E-state index contributed by atoms with van der Waals surface area (Å²) in [7, 11) is 0. The number of carbonyl (C=O) groups excluding carboxylic acids is 1. The van der Waals surface area contributed by atoms with Crippen molar-refractivity contribution in [3.05, 3.63) is 59.4 Å². The first-order chi connectivity index (χ1) is 12.8. The predicted molar refractivity (Wildman–Crippen MR) is 95.7 cm³/mol. The van der Waals surface area contributed by atoms with Crippen LogP contribution in [0.1, 0.15) is 16.3 Å². The van der Waals surface area contributed by atoms with Crippen LogP contribution >= 0.6 is 11.3 Å². The van der Waals surface area contributed by atoms with E-state index in [0.717, 1.165) is 27.5 Å². The van der Waals surface area contributed by atoms with E-state index >= 15 is 0 Å². The zero-order valence-corrected chi connectivity index (χ0v) is 14.9. The number of rotatable bonds is 5. The predicted octanol–water partition coefficient (Wildman–Crippen LogP) is 4.61. The number of carbonyl (C=O) groups is 1. The summed E-state index contributed by atoms with van der Waals surface area (Å²) in [5, 5.41) is 3.50. The minimum Gasteiger partial charge on any atom is -0.453 e. The lowest BCUT2D eigenvalue weighted by Gasteiger charge is -2.10. The van der Waals surface area contributed by atoms with Gasteiger partial charge in [0.15, 0.2) is 5.75 Å². The molecule has 27 heavy (non-hydrogen) atoms. The molecule has 0 radical (unpaired) electrons. The van der Waals surface area contributed by atoms with Crippen molar-refractivity contribution >= 4 is 27.5 Å². The Balaban J connectivity index is 1.89. The van der Waals surface area contributed by atoms with Crippen molar-refractivity contribution in [2.75, 3.05) is 0 Å². The van der Waals surface area contributed by atoms with Crippen LogP contribution in [-0.4, -0.2) is 15.9 Å². The Morgan fingerprint density at radius 1 is 1.33 bits per heavy atom. The monoisotopic (exact) mass is 393 g/mol. The van der Waals surface area contributed by atoms with E-state index < -0.39 is 11.9 Å². The number of hydrogen-bond donors (Lipinski definition) is 1. The molecule has 0 saturated carbocycles. The number of hydrogen-bond acceptors (Lipinski definition) is 5. The molecule has 0 aliphatic carbocycles. The molecule has 2 heterocycles. The second-order valence-electron chi connectivity index (χ2n) is 5.53. The molecule has 5 nitrogen and oxygen atoms in total. The minimum atomic E-state index is -4.50. The van der Waals surface area contributed by atoms with Gasteiger partial charge in [-0.05, 0) is 36.8 Å². The number of pyridine rings is 1. The largest absolute Gasteiger partial charge is 0.453 e. The minimum absolute atomic E-state index is 0.169. The van der Waals surface area contributed by atoms with Crippen molar-refractivity contribution in [2.45, 2.75) is 19.6 Å². The Bertz CT molecular complexity index is 997. The Morgan fingerprint density at radius 3 is 2.74 bits per heavy atom. The highest BCUT2D eigenvalue weighted by molar-refractivity contribution is 7.18. The Kier molecular flexibility index (Phi) is 5.13. The molecule has 1 N–H and O–H groups in total. The molecule has 0 spiro atoms. The van der Waals surface area contributed by atoms with Crippen molar-refractivity contribution in [2.24, 2.45) is 0 Å². The molecule has 1 aromatic carbocycles. The zero-order chi connectivity index (χ0) is 19.6. The van der Waals surface area contributed by atoms with Gasteiger partial charge in [-0.15, -0.1) is 11.3 Å². The second kappa shape index (κ2) is 7.36. The van der Waals surface area contributed by atoms with Gasteiger partial charge in [-0.1, -0.05) is 12.6 Å². The zero-order valence-electron chi connectivity index (χ0n) is 14.1. The molecule has 3 aromatic rings. The smallest absolute Gasteiger partial charge is 0.433 e. The Morgan fingerprint density at radius 2 is 2.11 bits per heavy atom. The van der Waals surface area contributed by atoms with Crippen molar-refractivity contribution < 1.29 is 22.7 Å². The lowest BCUT2D eigenvalue weighted by Crippen LogP contribution is -2.19. The van der Waals surface area contributed by atoms with Crippen LogP contribution in [0.25, 0.3) is 10.2 Å². The van der Waals surface area contributed by atoms with Crippen LogP contribution < -0.4 is 10.1 Å². The van der Waals surface area contributed by atoms with Gasteiger partial charge < -0.3 is 10.1 Å². The molecule has 140 valence electrons. The average molecular weight is 393 g/mol. The van der Waals surface area contributed by atoms with E-state index in [0.29, 0.717) is 17.8 Å². The van der Waals surface area contributed by atoms with Gasteiger partial charge in [0, 0.05) is 6.54 Å². The number of fused-ring (bicyclic) bond motifs is 1. The molecular weight excluding hydrogens is 379 g/mol. The summed E-state index contributed by atoms with van der Waals surface area (Å²) in [6, 6.07) is 5.50. The van der Waals surface area contributed by atoms with Crippen molar-refractivity contribution in [3.8, 4) is 11.5 Å². The summed E-state index contributed by atoms with van der Waals surface area (Å²) >= 11 is 1.44. The maximum absolute atomic E-state index is 12.6. The van der Waals surface area contributed by atoms with Gasteiger partial charge in [-0.2, -0.15) is 13.2 Å². The molecule has 0 unspecified atom stereocenters. The fourth-order valence-electron chi connectivity index (χ4n) is 2.35. The summed E-state index contributed by atoms with van der Waals surface area (Å²) < 4.78 is 44.3. The Labute approximate surface area is 156 Å². The van der Waals surface area contributed by atoms with Gasteiger partial charge in [0.1, 0.15) is 17.0 Å². The highest BCUT2D eigenvalue weighted by atomic mass is 32.1. The average Bonchev–Trinajstić information content (AvgIpc) is 3.02. The maximum atomic E-state index is 12.6. The van der Waals surface area contributed by atoms with Gasteiger partial charge in [-0.25, -0.2) is 9.97 Å².